The Kier molecular flexibility index (Phi) is 25.3. The fourth-order valence-corrected chi connectivity index (χ4v) is 16.4. The van der Waals surface area contributed by atoms with Crippen LogP contribution in [0.15, 0.2) is 279 Å². The summed E-state index contributed by atoms with van der Waals surface area (Å²) in [4.78, 5) is 9.80. The fraction of sp³-hybridized carbons (Fsp3) is 0.321. The van der Waals surface area contributed by atoms with E-state index in [4.69, 9.17) is 0 Å². The average Bonchev–Trinajstić information content (AvgIpc) is 1.53. The first-order valence-corrected chi connectivity index (χ1v) is 42.0. The summed E-state index contributed by atoms with van der Waals surface area (Å²) < 4.78 is 0. The maximum absolute atomic E-state index is 2.59. The van der Waals surface area contributed by atoms with Gasteiger partial charge < -0.3 is 19.6 Å². The van der Waals surface area contributed by atoms with Crippen molar-refractivity contribution in [3.05, 3.63) is 346 Å². The highest BCUT2D eigenvalue weighted by molar-refractivity contribution is 5.89. The van der Waals surface area contributed by atoms with Crippen molar-refractivity contribution in [1.82, 2.24) is 0 Å². The van der Waals surface area contributed by atoms with E-state index in [2.05, 4.69) is 382 Å². The zero-order valence-electron chi connectivity index (χ0n) is 68.3. The Morgan fingerprint density at radius 1 is 0.227 bits per heavy atom. The van der Waals surface area contributed by atoms with Crippen LogP contribution in [-0.2, 0) is 54.8 Å². The third-order valence-corrected chi connectivity index (χ3v) is 23.6. The molecule has 564 valence electrons. The summed E-state index contributed by atoms with van der Waals surface area (Å²) in [6.07, 6.45) is 21.7. The Labute approximate surface area is 662 Å². The molecule has 13 rings (SSSR count). The van der Waals surface area contributed by atoms with E-state index in [1.807, 2.05) is 0 Å². The third kappa shape index (κ3) is 17.2. The molecule has 0 aromatic heterocycles. The Morgan fingerprint density at radius 2 is 0.418 bits per heavy atom. The molecular formula is C106H120N4. The molecule has 12 aromatic carbocycles. The zero-order chi connectivity index (χ0) is 76.8. The number of hydrogen-bond donors (Lipinski definition) is 0. The zero-order valence-corrected chi connectivity index (χ0v) is 68.3. The highest BCUT2D eigenvalue weighted by atomic mass is 15.2. The van der Waals surface area contributed by atoms with E-state index in [1.54, 1.807) is 0 Å². The van der Waals surface area contributed by atoms with Crippen molar-refractivity contribution < 1.29 is 0 Å². The molecule has 0 saturated carbocycles. The van der Waals surface area contributed by atoms with Crippen LogP contribution in [0.25, 0.3) is 11.1 Å². The number of fused-ring (bicyclic) bond motifs is 3. The first kappa shape index (κ1) is 78.0. The number of rotatable bonds is 34. The lowest BCUT2D eigenvalue weighted by atomic mass is 9.66. The third-order valence-electron chi connectivity index (χ3n) is 23.6. The molecule has 0 saturated heterocycles. The van der Waals surface area contributed by atoms with Gasteiger partial charge in [-0.05, 0) is 318 Å². The molecule has 0 unspecified atom stereocenters. The van der Waals surface area contributed by atoms with E-state index in [1.165, 1.54) is 142 Å². The normalized spacial score (nSPS) is 12.4. The quantitative estimate of drug-likeness (QED) is 0.0398. The standard InChI is InChI=1S/C106H120N4/c1-13-20-26-78-32-50-88(51-33-78)107(89-52-34-79(35-53-89)27-21-14-2)96-66-70-98(71-67-96)109(92-58-40-82(41-59-92)30-24-17-5)94-62-44-84(45-63-94)106(102-76-86(104(8,9)10)48-74-100(102)101-75-49-87(77-103(101)106)105(11,12)19-7)85-46-64-95(65-47-85)110(93-60-42-83(43-61-93)31-25-18-6)99-72-68-97(69-73-99)108(90-54-36-80(37-55-90)28-22-15-3)91-56-38-81(39-57-91)29-23-16-4/h32-77H,13-31H2,1-12H3. The molecular weight excluding hydrogens is 1330 g/mol. The van der Waals surface area contributed by atoms with E-state index < -0.39 is 5.41 Å². The van der Waals surface area contributed by atoms with E-state index >= 15 is 0 Å². The molecule has 110 heavy (non-hydrogen) atoms. The Bertz CT molecular complexity index is 4540. The predicted octanol–water partition coefficient (Wildman–Crippen LogP) is 31.0. The molecule has 0 spiro atoms. The molecule has 0 atom stereocenters. The molecule has 4 heteroatoms. The van der Waals surface area contributed by atoms with Gasteiger partial charge >= 0.3 is 0 Å². The summed E-state index contributed by atoms with van der Waals surface area (Å²) in [6, 6.07) is 109. The van der Waals surface area contributed by atoms with Gasteiger partial charge in [0.2, 0.25) is 0 Å². The smallest absolute Gasteiger partial charge is 0.0713 e. The second-order valence-electron chi connectivity index (χ2n) is 32.8. The highest BCUT2D eigenvalue weighted by Crippen LogP contribution is 2.59. The van der Waals surface area contributed by atoms with Gasteiger partial charge in [-0.25, -0.2) is 0 Å². The maximum atomic E-state index is 2.59. The summed E-state index contributed by atoms with van der Waals surface area (Å²) >= 11 is 0. The maximum Gasteiger partial charge on any atom is 0.0713 e. The van der Waals surface area contributed by atoms with Crippen LogP contribution in [0.2, 0.25) is 0 Å². The molecule has 12 aromatic rings. The number of unbranched alkanes of at least 4 members (excludes halogenated alkanes) is 6. The predicted molar refractivity (Wildman–Crippen MR) is 476 cm³/mol. The van der Waals surface area contributed by atoms with Crippen LogP contribution in [0.5, 0.6) is 0 Å². The van der Waals surface area contributed by atoms with Crippen molar-refractivity contribution >= 4 is 68.2 Å². The topological polar surface area (TPSA) is 13.0 Å². The van der Waals surface area contributed by atoms with Crippen molar-refractivity contribution in [2.75, 3.05) is 19.6 Å². The Hall–Kier alpha value is -10.2. The number of benzene rings is 12. The van der Waals surface area contributed by atoms with Gasteiger partial charge in [0.25, 0.3) is 0 Å². The van der Waals surface area contributed by atoms with E-state index in [9.17, 15) is 0 Å². The summed E-state index contributed by atoms with van der Waals surface area (Å²) in [6.45, 7) is 27.9. The van der Waals surface area contributed by atoms with Crippen LogP contribution in [0.3, 0.4) is 0 Å². The van der Waals surface area contributed by atoms with Gasteiger partial charge in [0.05, 0.1) is 5.41 Å². The van der Waals surface area contributed by atoms with Gasteiger partial charge in [0.1, 0.15) is 0 Å². The van der Waals surface area contributed by atoms with Crippen LogP contribution in [0, 0.1) is 0 Å². The van der Waals surface area contributed by atoms with Crippen LogP contribution < -0.4 is 19.6 Å². The van der Waals surface area contributed by atoms with Gasteiger partial charge in [-0.2, -0.15) is 0 Å². The molecule has 0 fully saturated rings. The number of anilines is 12. The van der Waals surface area contributed by atoms with Crippen molar-refractivity contribution in [3.63, 3.8) is 0 Å². The Balaban J connectivity index is 0.951. The second-order valence-corrected chi connectivity index (χ2v) is 32.8. The van der Waals surface area contributed by atoms with E-state index in [-0.39, 0.29) is 10.8 Å². The number of nitrogens with zero attached hydrogens (tertiary/aromatic N) is 4. The summed E-state index contributed by atoms with van der Waals surface area (Å²) in [5, 5.41) is 0. The summed E-state index contributed by atoms with van der Waals surface area (Å²) in [5.74, 6) is 0. The average molecular weight is 1450 g/mol. The molecule has 0 bridgehead atoms. The van der Waals surface area contributed by atoms with Gasteiger partial charge in [0, 0.05) is 68.2 Å². The van der Waals surface area contributed by atoms with E-state index in [0.717, 1.165) is 126 Å². The molecule has 1 aliphatic carbocycles. The van der Waals surface area contributed by atoms with Crippen molar-refractivity contribution in [2.24, 2.45) is 0 Å². The van der Waals surface area contributed by atoms with Gasteiger partial charge in [-0.3, -0.25) is 0 Å². The molecule has 1 aliphatic rings. The minimum Gasteiger partial charge on any atom is -0.311 e. The molecule has 0 radical (unpaired) electrons. The highest BCUT2D eigenvalue weighted by Gasteiger charge is 2.47. The molecule has 0 N–H and O–H groups in total. The molecule has 0 heterocycles. The summed E-state index contributed by atoms with van der Waals surface area (Å²) in [5.41, 5.74) is 31.3. The SMILES string of the molecule is CCCCc1ccc(N(c2ccc(CCCC)cc2)c2ccc(N(c3ccc(CCCC)cc3)c3ccc(C4(c5ccc(N(c6ccc(CCCC)cc6)c6ccc(N(c7ccc(CCCC)cc7)c7ccc(CCCC)cc7)cc6)cc5)c5cc(C(C)(C)C)ccc5-c5ccc(C(C)(C)CC)cc54)cc3)cc2)cc1. The van der Waals surface area contributed by atoms with Crippen molar-refractivity contribution in [2.45, 2.75) is 221 Å². The van der Waals surface area contributed by atoms with Gasteiger partial charge in [-0.15, -0.1) is 0 Å². The summed E-state index contributed by atoms with van der Waals surface area (Å²) in [7, 11) is 0. The van der Waals surface area contributed by atoms with Crippen molar-refractivity contribution in [1.29, 1.82) is 0 Å². The minimum atomic E-state index is -0.707. The monoisotopic (exact) mass is 1450 g/mol. The number of aryl methyl sites for hydroxylation is 6. The second kappa shape index (κ2) is 35.7. The Morgan fingerprint density at radius 3 is 0.618 bits per heavy atom. The lowest BCUT2D eigenvalue weighted by Gasteiger charge is -2.36. The first-order valence-electron chi connectivity index (χ1n) is 42.0. The number of hydrogen-bond acceptors (Lipinski definition) is 4. The first-order chi connectivity index (χ1) is 53.6. The van der Waals surface area contributed by atoms with Crippen LogP contribution in [-0.4, -0.2) is 0 Å². The fourth-order valence-electron chi connectivity index (χ4n) is 16.4. The van der Waals surface area contributed by atoms with Crippen LogP contribution in [0.4, 0.5) is 68.2 Å². The molecule has 0 aliphatic heterocycles. The minimum absolute atomic E-state index is 0.0618. The largest absolute Gasteiger partial charge is 0.311 e. The van der Waals surface area contributed by atoms with Crippen LogP contribution >= 0.6 is 0 Å². The lowest BCUT2D eigenvalue weighted by Crippen LogP contribution is -2.30. The van der Waals surface area contributed by atoms with E-state index in [0.29, 0.717) is 0 Å². The lowest BCUT2D eigenvalue weighted by molar-refractivity contribution is 0.505. The molecule has 4 nitrogen and oxygen atoms in total. The molecule has 0 amide bonds. The van der Waals surface area contributed by atoms with Crippen LogP contribution in [0.1, 0.15) is 233 Å². The van der Waals surface area contributed by atoms with Gasteiger partial charge in [0.15, 0.2) is 0 Å². The van der Waals surface area contributed by atoms with Crippen molar-refractivity contribution in [3.8, 4) is 11.1 Å². The van der Waals surface area contributed by atoms with Gasteiger partial charge in [-0.1, -0.05) is 255 Å².